The maximum Gasteiger partial charge on any atom is 0.0717 e. The third kappa shape index (κ3) is 3.87. The lowest BCUT2D eigenvalue weighted by molar-refractivity contribution is 0.128. The Labute approximate surface area is 85.0 Å². The molecule has 0 fully saturated rings. The first-order valence-corrected chi connectivity index (χ1v) is 4.92. The highest BCUT2D eigenvalue weighted by molar-refractivity contribution is 5.22. The van der Waals surface area contributed by atoms with Crippen molar-refractivity contribution >= 4 is 0 Å². The third-order valence-corrected chi connectivity index (χ3v) is 1.99. The van der Waals surface area contributed by atoms with Gasteiger partial charge in [0.25, 0.3) is 0 Å². The summed E-state index contributed by atoms with van der Waals surface area (Å²) in [6.07, 6.45) is 0.934. The summed E-state index contributed by atoms with van der Waals surface area (Å²) in [6.45, 7) is 2.53. The Bertz CT molecular complexity index is 246. The van der Waals surface area contributed by atoms with Crippen LogP contribution in [0.5, 0.6) is 0 Å². The molecule has 1 aromatic rings. The summed E-state index contributed by atoms with van der Waals surface area (Å²) >= 11 is 0. The monoisotopic (exact) mass is 194 g/mol. The highest BCUT2D eigenvalue weighted by Crippen LogP contribution is 2.05. The number of hydrogen-bond acceptors (Lipinski definition) is 3. The minimum atomic E-state index is 0.575. The van der Waals surface area contributed by atoms with Crippen LogP contribution in [0.1, 0.15) is 11.1 Å². The second-order valence-electron chi connectivity index (χ2n) is 3.20. The molecule has 0 unspecified atom stereocenters. The Hall–Kier alpha value is -0.900. The van der Waals surface area contributed by atoms with Crippen molar-refractivity contribution in [3.8, 4) is 0 Å². The first kappa shape index (κ1) is 11.2. The van der Waals surface area contributed by atoms with Crippen molar-refractivity contribution in [2.75, 3.05) is 19.7 Å². The van der Waals surface area contributed by atoms with E-state index < -0.39 is 0 Å². The van der Waals surface area contributed by atoms with Gasteiger partial charge in [-0.2, -0.15) is 0 Å². The highest BCUT2D eigenvalue weighted by Gasteiger charge is 1.94. The molecule has 0 bridgehead atoms. The van der Waals surface area contributed by atoms with Crippen LogP contribution in [0.3, 0.4) is 0 Å². The van der Waals surface area contributed by atoms with E-state index in [1.807, 2.05) is 0 Å². The van der Waals surface area contributed by atoms with E-state index in [1.54, 1.807) is 0 Å². The fourth-order valence-electron chi connectivity index (χ4n) is 1.24. The van der Waals surface area contributed by atoms with Gasteiger partial charge in [0, 0.05) is 6.54 Å². The SMILES string of the molecule is NCCOCc1ccc(CCN)cc1. The van der Waals surface area contributed by atoms with Gasteiger partial charge in [0.05, 0.1) is 13.2 Å². The van der Waals surface area contributed by atoms with Crippen molar-refractivity contribution < 1.29 is 4.74 Å². The topological polar surface area (TPSA) is 61.3 Å². The van der Waals surface area contributed by atoms with Gasteiger partial charge in [-0.05, 0) is 24.1 Å². The molecule has 0 heterocycles. The molecule has 0 spiro atoms. The molecule has 78 valence electrons. The van der Waals surface area contributed by atoms with Crippen molar-refractivity contribution in [1.29, 1.82) is 0 Å². The van der Waals surface area contributed by atoms with Crippen molar-refractivity contribution in [2.24, 2.45) is 11.5 Å². The zero-order chi connectivity index (χ0) is 10.2. The van der Waals surface area contributed by atoms with Crippen LogP contribution in [0.15, 0.2) is 24.3 Å². The van der Waals surface area contributed by atoms with Crippen LogP contribution >= 0.6 is 0 Å². The van der Waals surface area contributed by atoms with Gasteiger partial charge >= 0.3 is 0 Å². The Morgan fingerprint density at radius 1 is 0.929 bits per heavy atom. The lowest BCUT2D eigenvalue weighted by Gasteiger charge is -2.04. The van der Waals surface area contributed by atoms with Gasteiger partial charge < -0.3 is 16.2 Å². The minimum absolute atomic E-state index is 0.575. The summed E-state index contributed by atoms with van der Waals surface area (Å²) in [4.78, 5) is 0. The van der Waals surface area contributed by atoms with Crippen molar-refractivity contribution in [3.05, 3.63) is 35.4 Å². The van der Waals surface area contributed by atoms with E-state index in [-0.39, 0.29) is 0 Å². The van der Waals surface area contributed by atoms with E-state index in [1.165, 1.54) is 11.1 Å². The maximum atomic E-state index is 5.46. The molecule has 0 aliphatic heterocycles. The average molecular weight is 194 g/mol. The minimum Gasteiger partial charge on any atom is -0.375 e. The van der Waals surface area contributed by atoms with E-state index in [9.17, 15) is 0 Å². The van der Waals surface area contributed by atoms with Crippen LogP contribution in [-0.2, 0) is 17.8 Å². The summed E-state index contributed by atoms with van der Waals surface area (Å²) in [7, 11) is 0. The van der Waals surface area contributed by atoms with Crippen molar-refractivity contribution in [2.45, 2.75) is 13.0 Å². The van der Waals surface area contributed by atoms with E-state index >= 15 is 0 Å². The molecule has 0 amide bonds. The number of hydrogen-bond donors (Lipinski definition) is 2. The van der Waals surface area contributed by atoms with Gasteiger partial charge in [-0.15, -0.1) is 0 Å². The average Bonchev–Trinajstić information content (AvgIpc) is 2.21. The molecule has 0 radical (unpaired) electrons. The molecule has 0 saturated heterocycles. The van der Waals surface area contributed by atoms with Crippen LogP contribution < -0.4 is 11.5 Å². The smallest absolute Gasteiger partial charge is 0.0717 e. The molecule has 0 aliphatic carbocycles. The largest absolute Gasteiger partial charge is 0.375 e. The van der Waals surface area contributed by atoms with Crippen LogP contribution in [0.25, 0.3) is 0 Å². The molecule has 1 aromatic carbocycles. The Morgan fingerprint density at radius 3 is 2.14 bits per heavy atom. The van der Waals surface area contributed by atoms with Crippen LogP contribution in [0, 0.1) is 0 Å². The van der Waals surface area contributed by atoms with Gasteiger partial charge in [-0.25, -0.2) is 0 Å². The van der Waals surface area contributed by atoms with Crippen LogP contribution in [-0.4, -0.2) is 19.7 Å². The van der Waals surface area contributed by atoms with E-state index in [0.29, 0.717) is 26.3 Å². The molecule has 0 atom stereocenters. The molecule has 4 N–H and O–H groups in total. The fraction of sp³-hybridized carbons (Fsp3) is 0.455. The zero-order valence-electron chi connectivity index (χ0n) is 8.41. The molecule has 1 rings (SSSR count). The Kier molecular flexibility index (Phi) is 5.22. The lowest BCUT2D eigenvalue weighted by Crippen LogP contribution is -2.08. The Morgan fingerprint density at radius 2 is 1.57 bits per heavy atom. The summed E-state index contributed by atoms with van der Waals surface area (Å²) in [5, 5.41) is 0. The third-order valence-electron chi connectivity index (χ3n) is 1.99. The Balaban J connectivity index is 2.38. The van der Waals surface area contributed by atoms with Crippen molar-refractivity contribution in [3.63, 3.8) is 0 Å². The normalized spacial score (nSPS) is 10.4. The first-order chi connectivity index (χ1) is 6.86. The number of rotatable bonds is 6. The predicted octanol–water partition coefficient (Wildman–Crippen LogP) is 0.663. The predicted molar refractivity (Wildman–Crippen MR) is 57.9 cm³/mol. The second kappa shape index (κ2) is 6.54. The molecule has 3 nitrogen and oxygen atoms in total. The quantitative estimate of drug-likeness (QED) is 0.654. The standard InChI is InChI=1S/C11H18N2O/c12-6-5-10-1-3-11(4-2-10)9-14-8-7-13/h1-4H,5-9,12-13H2. The van der Waals surface area contributed by atoms with E-state index in [2.05, 4.69) is 24.3 Å². The maximum absolute atomic E-state index is 5.46. The van der Waals surface area contributed by atoms with Gasteiger partial charge in [0.15, 0.2) is 0 Å². The van der Waals surface area contributed by atoms with E-state index in [0.717, 1.165) is 6.42 Å². The fourth-order valence-corrected chi connectivity index (χ4v) is 1.24. The summed E-state index contributed by atoms with van der Waals surface area (Å²) < 4.78 is 5.32. The van der Waals surface area contributed by atoms with Crippen LogP contribution in [0.4, 0.5) is 0 Å². The summed E-state index contributed by atoms with van der Waals surface area (Å²) in [5.74, 6) is 0. The van der Waals surface area contributed by atoms with Gasteiger partial charge in [0.1, 0.15) is 0 Å². The van der Waals surface area contributed by atoms with E-state index in [4.69, 9.17) is 16.2 Å². The van der Waals surface area contributed by atoms with Crippen LogP contribution in [0.2, 0.25) is 0 Å². The van der Waals surface area contributed by atoms with Gasteiger partial charge in [-0.1, -0.05) is 24.3 Å². The second-order valence-corrected chi connectivity index (χ2v) is 3.20. The molecule has 0 aromatic heterocycles. The number of nitrogens with two attached hydrogens (primary N) is 2. The zero-order valence-corrected chi connectivity index (χ0v) is 8.41. The molecular formula is C11H18N2O. The summed E-state index contributed by atoms with van der Waals surface area (Å²) in [6, 6.07) is 8.32. The highest BCUT2D eigenvalue weighted by atomic mass is 16.5. The number of benzene rings is 1. The lowest BCUT2D eigenvalue weighted by atomic mass is 10.1. The molecule has 0 aliphatic rings. The summed E-state index contributed by atoms with van der Waals surface area (Å²) in [5.41, 5.74) is 13.2. The number of ether oxygens (including phenoxy) is 1. The van der Waals surface area contributed by atoms with Gasteiger partial charge in [0.2, 0.25) is 0 Å². The molecule has 14 heavy (non-hydrogen) atoms. The molecule has 3 heteroatoms. The molecular weight excluding hydrogens is 176 g/mol. The first-order valence-electron chi connectivity index (χ1n) is 4.92. The van der Waals surface area contributed by atoms with Gasteiger partial charge in [-0.3, -0.25) is 0 Å². The molecule has 0 saturated carbocycles. The van der Waals surface area contributed by atoms with Crippen molar-refractivity contribution in [1.82, 2.24) is 0 Å².